The van der Waals surface area contributed by atoms with E-state index in [9.17, 15) is 0 Å². The average Bonchev–Trinajstić information content (AvgIpc) is 2.79. The number of rotatable bonds is 2. The molecule has 3 heteroatoms. The zero-order valence-electron chi connectivity index (χ0n) is 9.15. The summed E-state index contributed by atoms with van der Waals surface area (Å²) in [6, 6.07) is 14.7. The van der Waals surface area contributed by atoms with Crippen LogP contribution in [0.4, 0.5) is 0 Å². The lowest BCUT2D eigenvalue weighted by Crippen LogP contribution is -1.89. The van der Waals surface area contributed by atoms with Gasteiger partial charge in [0.2, 0.25) is 0 Å². The molecule has 0 fully saturated rings. The molecule has 0 bridgehead atoms. The van der Waals surface area contributed by atoms with Crippen LogP contribution in [0.25, 0.3) is 10.9 Å². The summed E-state index contributed by atoms with van der Waals surface area (Å²) in [7, 11) is 0. The van der Waals surface area contributed by atoms with Crippen LogP contribution in [0.2, 0.25) is 0 Å². The van der Waals surface area contributed by atoms with Crippen molar-refractivity contribution in [2.45, 2.75) is 6.42 Å². The molecule has 1 N–H and O–H groups in total. The molecule has 3 rings (SSSR count). The van der Waals surface area contributed by atoms with Gasteiger partial charge in [-0.2, -0.15) is 5.10 Å². The summed E-state index contributed by atoms with van der Waals surface area (Å²) >= 11 is 3.58. The van der Waals surface area contributed by atoms with E-state index in [4.69, 9.17) is 0 Å². The van der Waals surface area contributed by atoms with Gasteiger partial charge >= 0.3 is 0 Å². The molecule has 0 saturated heterocycles. The summed E-state index contributed by atoms with van der Waals surface area (Å²) < 4.78 is 1.16. The van der Waals surface area contributed by atoms with Crippen LogP contribution in [0.5, 0.6) is 0 Å². The number of hydrogen-bond acceptors (Lipinski definition) is 1. The van der Waals surface area contributed by atoms with Crippen LogP contribution in [0.1, 0.15) is 11.1 Å². The predicted molar refractivity (Wildman–Crippen MR) is 73.0 cm³/mol. The molecule has 84 valence electrons. The third-order valence-corrected chi connectivity index (χ3v) is 3.63. The third-order valence-electron chi connectivity index (χ3n) is 2.86. The second-order valence-corrected chi connectivity index (χ2v) is 4.91. The number of halogens is 1. The molecule has 2 aromatic carbocycles. The first-order chi connectivity index (χ1) is 8.33. The standard InChI is InChI=1S/C14H11BrN2/c15-13-4-2-1-3-11(13)7-10-5-6-14-12(8-10)9-16-17-14/h1-6,8-9H,7H2,(H,16,17). The van der Waals surface area contributed by atoms with Gasteiger partial charge in [0.15, 0.2) is 0 Å². The maximum atomic E-state index is 4.03. The van der Waals surface area contributed by atoms with Gasteiger partial charge in [0.05, 0.1) is 11.7 Å². The largest absolute Gasteiger partial charge is 0.278 e. The molecule has 0 atom stereocenters. The van der Waals surface area contributed by atoms with Crippen molar-refractivity contribution < 1.29 is 0 Å². The summed E-state index contributed by atoms with van der Waals surface area (Å²) in [4.78, 5) is 0. The van der Waals surface area contributed by atoms with Crippen molar-refractivity contribution in [3.8, 4) is 0 Å². The molecule has 0 amide bonds. The minimum atomic E-state index is 0.933. The Bertz CT molecular complexity index is 658. The molecule has 3 aromatic rings. The van der Waals surface area contributed by atoms with Crippen molar-refractivity contribution in [3.63, 3.8) is 0 Å². The fourth-order valence-corrected chi connectivity index (χ4v) is 2.39. The van der Waals surface area contributed by atoms with Gasteiger partial charge in [0.1, 0.15) is 0 Å². The van der Waals surface area contributed by atoms with Crippen LogP contribution in [0.15, 0.2) is 53.1 Å². The quantitative estimate of drug-likeness (QED) is 0.760. The fourth-order valence-electron chi connectivity index (χ4n) is 1.96. The first-order valence-electron chi connectivity index (χ1n) is 5.48. The Balaban J connectivity index is 1.97. The van der Waals surface area contributed by atoms with Gasteiger partial charge in [0, 0.05) is 9.86 Å². The van der Waals surface area contributed by atoms with Gasteiger partial charge < -0.3 is 0 Å². The maximum Gasteiger partial charge on any atom is 0.0650 e. The summed E-state index contributed by atoms with van der Waals surface area (Å²) in [5.74, 6) is 0. The Hall–Kier alpha value is -1.61. The molecule has 0 unspecified atom stereocenters. The molecule has 0 saturated carbocycles. The molecule has 0 aliphatic rings. The lowest BCUT2D eigenvalue weighted by molar-refractivity contribution is 1.12. The van der Waals surface area contributed by atoms with E-state index < -0.39 is 0 Å². The first kappa shape index (κ1) is 10.5. The number of hydrogen-bond donors (Lipinski definition) is 1. The normalized spacial score (nSPS) is 10.9. The van der Waals surface area contributed by atoms with Crippen LogP contribution >= 0.6 is 15.9 Å². The van der Waals surface area contributed by atoms with Crippen LogP contribution in [0, 0.1) is 0 Å². The van der Waals surface area contributed by atoms with E-state index in [1.165, 1.54) is 11.1 Å². The lowest BCUT2D eigenvalue weighted by atomic mass is 10.0. The van der Waals surface area contributed by atoms with E-state index in [1.807, 2.05) is 12.3 Å². The topological polar surface area (TPSA) is 28.7 Å². The second kappa shape index (κ2) is 4.34. The zero-order valence-corrected chi connectivity index (χ0v) is 10.7. The first-order valence-corrected chi connectivity index (χ1v) is 6.27. The third kappa shape index (κ3) is 2.11. The summed E-state index contributed by atoms with van der Waals surface area (Å²) in [5, 5.41) is 8.16. The molecule has 1 aromatic heterocycles. The van der Waals surface area contributed by atoms with Gasteiger partial charge in [-0.15, -0.1) is 0 Å². The number of H-pyrrole nitrogens is 1. The van der Waals surface area contributed by atoms with E-state index in [2.05, 4.69) is 62.5 Å². The molecule has 0 aliphatic heterocycles. The van der Waals surface area contributed by atoms with Gasteiger partial charge in [-0.25, -0.2) is 0 Å². The van der Waals surface area contributed by atoms with E-state index in [0.29, 0.717) is 0 Å². The molecule has 1 heterocycles. The highest BCUT2D eigenvalue weighted by Crippen LogP contribution is 2.21. The summed E-state index contributed by atoms with van der Waals surface area (Å²) in [5.41, 5.74) is 3.68. The van der Waals surface area contributed by atoms with Crippen molar-refractivity contribution in [2.24, 2.45) is 0 Å². The number of nitrogens with zero attached hydrogens (tertiary/aromatic N) is 1. The maximum absolute atomic E-state index is 4.03. The average molecular weight is 287 g/mol. The van der Waals surface area contributed by atoms with Crippen LogP contribution in [0.3, 0.4) is 0 Å². The van der Waals surface area contributed by atoms with E-state index in [-0.39, 0.29) is 0 Å². The molecule has 0 spiro atoms. The number of fused-ring (bicyclic) bond motifs is 1. The van der Waals surface area contributed by atoms with Crippen molar-refractivity contribution in [1.82, 2.24) is 10.2 Å². The predicted octanol–water partition coefficient (Wildman–Crippen LogP) is 3.92. The number of benzene rings is 2. The highest BCUT2D eigenvalue weighted by molar-refractivity contribution is 9.10. The number of aromatic nitrogens is 2. The Morgan fingerprint density at radius 3 is 2.88 bits per heavy atom. The van der Waals surface area contributed by atoms with Gasteiger partial charge in [0.25, 0.3) is 0 Å². The Kier molecular flexibility index (Phi) is 2.69. The van der Waals surface area contributed by atoms with Crippen molar-refractivity contribution >= 4 is 26.8 Å². The molecular formula is C14H11BrN2. The van der Waals surface area contributed by atoms with E-state index >= 15 is 0 Å². The van der Waals surface area contributed by atoms with Crippen molar-refractivity contribution in [3.05, 3.63) is 64.3 Å². The molecule has 0 radical (unpaired) electrons. The highest BCUT2D eigenvalue weighted by atomic mass is 79.9. The number of aromatic amines is 1. The van der Waals surface area contributed by atoms with Gasteiger partial charge in [-0.05, 0) is 35.7 Å². The second-order valence-electron chi connectivity index (χ2n) is 4.06. The minimum absolute atomic E-state index is 0.933. The van der Waals surface area contributed by atoms with Crippen LogP contribution in [-0.4, -0.2) is 10.2 Å². The van der Waals surface area contributed by atoms with Gasteiger partial charge in [-0.1, -0.05) is 40.2 Å². The Morgan fingerprint density at radius 2 is 2.00 bits per heavy atom. The summed E-state index contributed by atoms with van der Waals surface area (Å²) in [6.45, 7) is 0. The van der Waals surface area contributed by atoms with Crippen molar-refractivity contribution in [2.75, 3.05) is 0 Å². The SMILES string of the molecule is Brc1ccccc1Cc1ccc2[nH]ncc2c1. The van der Waals surface area contributed by atoms with Crippen LogP contribution in [-0.2, 0) is 6.42 Å². The minimum Gasteiger partial charge on any atom is -0.278 e. The molecule has 17 heavy (non-hydrogen) atoms. The molecule has 2 nitrogen and oxygen atoms in total. The summed E-state index contributed by atoms with van der Waals surface area (Å²) in [6.07, 6.45) is 2.79. The van der Waals surface area contributed by atoms with Gasteiger partial charge in [-0.3, -0.25) is 5.10 Å². The zero-order chi connectivity index (χ0) is 11.7. The molecule has 0 aliphatic carbocycles. The smallest absolute Gasteiger partial charge is 0.0650 e. The monoisotopic (exact) mass is 286 g/mol. The van der Waals surface area contributed by atoms with E-state index in [0.717, 1.165) is 21.8 Å². The lowest BCUT2D eigenvalue weighted by Gasteiger charge is -2.04. The Labute approximate surface area is 108 Å². The van der Waals surface area contributed by atoms with Crippen molar-refractivity contribution in [1.29, 1.82) is 0 Å². The van der Waals surface area contributed by atoms with Crippen LogP contribution < -0.4 is 0 Å². The highest BCUT2D eigenvalue weighted by Gasteiger charge is 2.02. The van der Waals surface area contributed by atoms with E-state index in [1.54, 1.807) is 0 Å². The number of nitrogens with one attached hydrogen (secondary N) is 1. The fraction of sp³-hybridized carbons (Fsp3) is 0.0714. The molecular weight excluding hydrogens is 276 g/mol. The Morgan fingerprint density at radius 1 is 1.12 bits per heavy atom.